The van der Waals surface area contributed by atoms with Crippen LogP contribution in [0.5, 0.6) is 0 Å². The topological polar surface area (TPSA) is 17.1 Å². The Balaban J connectivity index is 0. The van der Waals surface area contributed by atoms with Crippen LogP contribution in [0.4, 0.5) is 0 Å². The van der Waals surface area contributed by atoms with Crippen molar-refractivity contribution in [1.29, 1.82) is 0 Å². The molecule has 34 valence electrons. The van der Waals surface area contributed by atoms with Gasteiger partial charge in [0.25, 0.3) is 0 Å². The molecule has 0 aliphatic heterocycles. The van der Waals surface area contributed by atoms with Gasteiger partial charge in [-0.05, 0) is 11.6 Å². The van der Waals surface area contributed by atoms with Gasteiger partial charge in [0.2, 0.25) is 5.24 Å². The van der Waals surface area contributed by atoms with Crippen LogP contribution >= 0.6 is 11.6 Å². The molecule has 0 aromatic heterocycles. The summed E-state index contributed by atoms with van der Waals surface area (Å²) < 4.78 is 0. The van der Waals surface area contributed by atoms with Gasteiger partial charge in [-0.1, -0.05) is 6.92 Å². The maximum Gasteiger partial charge on any atom is 0.221 e. The Morgan fingerprint density at radius 1 is 1.83 bits per heavy atom. The number of halogens is 1. The van der Waals surface area contributed by atoms with Gasteiger partial charge < -0.3 is 0 Å². The Morgan fingerprint density at radius 3 is 2.00 bits per heavy atom. The van der Waals surface area contributed by atoms with Gasteiger partial charge in [0, 0.05) is 24.0 Å². The summed E-state index contributed by atoms with van der Waals surface area (Å²) in [5.74, 6) is 0. The molecule has 1 nitrogen and oxygen atoms in total. The zero-order valence-corrected chi connectivity index (χ0v) is 6.35. The Bertz CT molecular complexity index is 46.1. The van der Waals surface area contributed by atoms with E-state index in [1.165, 1.54) is 0 Å². The number of carbonyl (C=O) groups excluding carboxylic acids is 1. The van der Waals surface area contributed by atoms with Crippen LogP contribution in [-0.4, -0.2) is 22.8 Å². The summed E-state index contributed by atoms with van der Waals surface area (Å²) in [5, 5.41) is -0.273. The minimum absolute atomic E-state index is 0. The molecule has 3 heteroatoms. The molecule has 0 rings (SSSR count). The first kappa shape index (κ1) is 9.71. The monoisotopic (exact) mass is 166 g/mol. The Morgan fingerprint density at radius 2 is 2.00 bits per heavy atom. The molecule has 0 fully saturated rings. The third-order valence-corrected chi connectivity index (χ3v) is 0.545. The quantitative estimate of drug-likeness (QED) is 0.414. The second-order valence-corrected chi connectivity index (χ2v) is 1.13. The molecule has 0 aromatic rings. The Labute approximate surface area is 53.0 Å². The summed E-state index contributed by atoms with van der Waals surface area (Å²) in [4.78, 5) is 9.58. The van der Waals surface area contributed by atoms with Crippen molar-refractivity contribution in [3.63, 3.8) is 0 Å². The van der Waals surface area contributed by atoms with Crippen LogP contribution in [0, 0.1) is 0 Å². The van der Waals surface area contributed by atoms with Gasteiger partial charge in [0.05, 0.1) is 0 Å². The van der Waals surface area contributed by atoms with Crippen molar-refractivity contribution in [1.82, 2.24) is 0 Å². The summed E-state index contributed by atoms with van der Waals surface area (Å²) in [6.45, 7) is 1.72. The van der Waals surface area contributed by atoms with E-state index in [4.69, 9.17) is 11.6 Å². The van der Waals surface area contributed by atoms with Crippen molar-refractivity contribution < 1.29 is 4.79 Å². The minimum Gasteiger partial charge on any atom is -0.281 e. The van der Waals surface area contributed by atoms with Gasteiger partial charge in [-0.25, -0.2) is 0 Å². The van der Waals surface area contributed by atoms with Crippen molar-refractivity contribution >= 4 is 34.4 Å². The van der Waals surface area contributed by atoms with Gasteiger partial charge in [-0.2, -0.15) is 0 Å². The molecule has 0 atom stereocenters. The first-order chi connectivity index (χ1) is 2.27. The molecule has 0 unspecified atom stereocenters. The standard InChI is InChI=1S/C3H5ClO.Ge/c1-2-3(4)5;/h2H2,1H3;. The fourth-order valence-corrected chi connectivity index (χ4v) is 0. The smallest absolute Gasteiger partial charge is 0.221 e. The maximum absolute atomic E-state index is 9.58. The average Bonchev–Trinajstić information content (AvgIpc) is 1.38. The van der Waals surface area contributed by atoms with Crippen molar-refractivity contribution in [2.45, 2.75) is 13.3 Å². The van der Waals surface area contributed by atoms with Gasteiger partial charge in [0.1, 0.15) is 0 Å². The second-order valence-electron chi connectivity index (χ2n) is 0.709. The predicted molar refractivity (Wildman–Crippen MR) is 26.9 cm³/mol. The van der Waals surface area contributed by atoms with Crippen molar-refractivity contribution in [2.24, 2.45) is 0 Å². The second kappa shape index (κ2) is 5.50. The van der Waals surface area contributed by atoms with E-state index in [-0.39, 0.29) is 22.8 Å². The molecule has 4 radical (unpaired) electrons. The molecule has 0 N–H and O–H groups in total. The van der Waals surface area contributed by atoms with E-state index in [1.807, 2.05) is 0 Å². The number of carbonyl (C=O) groups is 1. The molecule has 0 aliphatic rings. The van der Waals surface area contributed by atoms with Crippen LogP contribution in [-0.2, 0) is 4.79 Å². The fourth-order valence-electron chi connectivity index (χ4n) is 0. The molecule has 0 amide bonds. The summed E-state index contributed by atoms with van der Waals surface area (Å²) in [6.07, 6.45) is 0.432. The van der Waals surface area contributed by atoms with E-state index < -0.39 is 0 Å². The van der Waals surface area contributed by atoms with Crippen LogP contribution in [0.15, 0.2) is 0 Å². The van der Waals surface area contributed by atoms with E-state index >= 15 is 0 Å². The zero-order chi connectivity index (χ0) is 4.28. The number of hydrogen-bond acceptors (Lipinski definition) is 1. The SMILES string of the molecule is CCC(=O)Cl.[Ge]. The van der Waals surface area contributed by atoms with E-state index in [2.05, 4.69) is 0 Å². The van der Waals surface area contributed by atoms with Crippen LogP contribution in [0.2, 0.25) is 0 Å². The molecule has 0 saturated heterocycles. The van der Waals surface area contributed by atoms with E-state index in [0.717, 1.165) is 0 Å². The van der Waals surface area contributed by atoms with Crippen LogP contribution in [0.25, 0.3) is 0 Å². The normalized spacial score (nSPS) is 6.33. The largest absolute Gasteiger partial charge is 0.281 e. The fraction of sp³-hybridized carbons (Fsp3) is 0.667. The molecular weight excluding hydrogens is 160 g/mol. The molecule has 0 heterocycles. The zero-order valence-electron chi connectivity index (χ0n) is 3.49. The summed E-state index contributed by atoms with van der Waals surface area (Å²) >= 11 is 4.82. The molecule has 0 aromatic carbocycles. The summed E-state index contributed by atoms with van der Waals surface area (Å²) in [7, 11) is 0. The van der Waals surface area contributed by atoms with E-state index in [9.17, 15) is 4.79 Å². The average molecular weight is 165 g/mol. The molecule has 0 saturated carbocycles. The summed E-state index contributed by atoms with van der Waals surface area (Å²) in [5.41, 5.74) is 0. The molecule has 0 bridgehead atoms. The van der Waals surface area contributed by atoms with Gasteiger partial charge in [-0.3, -0.25) is 4.79 Å². The van der Waals surface area contributed by atoms with Crippen molar-refractivity contribution in [3.8, 4) is 0 Å². The number of hydrogen-bond donors (Lipinski definition) is 0. The molecule has 6 heavy (non-hydrogen) atoms. The Kier molecular flexibility index (Phi) is 8.91. The van der Waals surface area contributed by atoms with Gasteiger partial charge in [-0.15, -0.1) is 0 Å². The van der Waals surface area contributed by atoms with E-state index in [1.54, 1.807) is 6.92 Å². The Hall–Kier alpha value is 0.503. The molecule has 0 spiro atoms. The van der Waals surface area contributed by atoms with Crippen LogP contribution in [0.3, 0.4) is 0 Å². The molecular formula is C3H5ClGeO. The van der Waals surface area contributed by atoms with Crippen molar-refractivity contribution in [3.05, 3.63) is 0 Å². The van der Waals surface area contributed by atoms with Crippen molar-refractivity contribution in [2.75, 3.05) is 0 Å². The predicted octanol–water partition coefficient (Wildman–Crippen LogP) is 0.781. The van der Waals surface area contributed by atoms with Gasteiger partial charge >= 0.3 is 0 Å². The summed E-state index contributed by atoms with van der Waals surface area (Å²) in [6, 6.07) is 0. The molecule has 0 aliphatic carbocycles. The van der Waals surface area contributed by atoms with E-state index in [0.29, 0.717) is 6.42 Å². The first-order valence-corrected chi connectivity index (χ1v) is 1.83. The maximum atomic E-state index is 9.58. The van der Waals surface area contributed by atoms with Crippen LogP contribution < -0.4 is 0 Å². The third-order valence-electron chi connectivity index (χ3n) is 0.278. The van der Waals surface area contributed by atoms with Gasteiger partial charge in [0.15, 0.2) is 0 Å². The minimum atomic E-state index is -0.273. The van der Waals surface area contributed by atoms with Crippen LogP contribution in [0.1, 0.15) is 13.3 Å². The number of rotatable bonds is 1. The third kappa shape index (κ3) is 8.82. The first-order valence-electron chi connectivity index (χ1n) is 1.45.